The molecule has 0 amide bonds. The highest BCUT2D eigenvalue weighted by Gasteiger charge is 2.23. The van der Waals surface area contributed by atoms with E-state index < -0.39 is 16.1 Å². The number of pyridine rings is 1. The lowest BCUT2D eigenvalue weighted by Gasteiger charge is -2.18. The summed E-state index contributed by atoms with van der Waals surface area (Å²) in [5, 5.41) is 4.00. The summed E-state index contributed by atoms with van der Waals surface area (Å²) < 4.78 is 33.6. The second-order valence-corrected chi connectivity index (χ2v) is 8.44. The van der Waals surface area contributed by atoms with Gasteiger partial charge in [0.1, 0.15) is 5.75 Å². The van der Waals surface area contributed by atoms with E-state index in [0.717, 1.165) is 11.1 Å². The number of ether oxygens (including phenoxy) is 1. The molecular weight excluding hydrogens is 368 g/mol. The van der Waals surface area contributed by atoms with Crippen LogP contribution >= 0.6 is 11.3 Å². The Morgan fingerprint density at radius 3 is 2.50 bits per heavy atom. The molecule has 0 aliphatic heterocycles. The number of rotatable bonds is 7. The molecule has 7 heteroatoms. The average molecular weight is 389 g/mol. The fraction of sp³-hybridized carbons (Fsp3) is 0.211. The molecule has 0 saturated carbocycles. The molecule has 0 saturated heterocycles. The van der Waals surface area contributed by atoms with Gasteiger partial charge in [-0.15, -0.1) is 0 Å². The van der Waals surface area contributed by atoms with Crippen molar-refractivity contribution >= 4 is 21.4 Å². The Morgan fingerprint density at radius 2 is 1.92 bits per heavy atom. The predicted octanol–water partition coefficient (Wildman–Crippen LogP) is 3.72. The van der Waals surface area contributed by atoms with Crippen molar-refractivity contribution in [3.05, 3.63) is 76.2 Å². The molecule has 2 heterocycles. The maximum atomic E-state index is 12.8. The summed E-state index contributed by atoms with van der Waals surface area (Å²) in [6.45, 7) is 1.95. The summed E-state index contributed by atoms with van der Waals surface area (Å²) in [5.41, 5.74) is 2.79. The molecule has 2 aromatic heterocycles. The first kappa shape index (κ1) is 18.6. The molecule has 3 rings (SSSR count). The second-order valence-electron chi connectivity index (χ2n) is 5.95. The molecule has 3 aromatic rings. The third-order valence-corrected chi connectivity index (χ3v) is 6.20. The highest BCUT2D eigenvalue weighted by Crippen LogP contribution is 2.23. The predicted molar refractivity (Wildman–Crippen MR) is 103 cm³/mol. The summed E-state index contributed by atoms with van der Waals surface area (Å²) in [5.74, 6) is 0.610. The van der Waals surface area contributed by atoms with Crippen LogP contribution in [0.2, 0.25) is 0 Å². The maximum absolute atomic E-state index is 12.8. The Balaban J connectivity index is 1.89. The average Bonchev–Trinajstić information content (AvgIpc) is 3.15. The van der Waals surface area contributed by atoms with Gasteiger partial charge in [0.25, 0.3) is 0 Å². The molecule has 0 aliphatic rings. The SMILES string of the molecule is COc1ccc(S(=O)(=O)NC(Cc2ccsc2)c2ccc(C)cn2)cc1. The van der Waals surface area contributed by atoms with Crippen molar-refractivity contribution in [1.82, 2.24) is 9.71 Å². The van der Waals surface area contributed by atoms with Crippen molar-refractivity contribution in [2.75, 3.05) is 7.11 Å². The second kappa shape index (κ2) is 7.99. The number of nitrogens with zero attached hydrogens (tertiary/aromatic N) is 1. The first-order chi connectivity index (χ1) is 12.5. The van der Waals surface area contributed by atoms with E-state index in [1.807, 2.05) is 35.9 Å². The van der Waals surface area contributed by atoms with Gasteiger partial charge in [-0.05, 0) is 71.6 Å². The number of thiophene rings is 1. The molecule has 1 aromatic carbocycles. The molecular formula is C19H20N2O3S2. The Bertz CT molecular complexity index is 935. The zero-order valence-electron chi connectivity index (χ0n) is 14.5. The van der Waals surface area contributed by atoms with Crippen LogP contribution in [0.25, 0.3) is 0 Å². The van der Waals surface area contributed by atoms with Crippen LogP contribution < -0.4 is 9.46 Å². The van der Waals surface area contributed by atoms with E-state index in [0.29, 0.717) is 17.9 Å². The van der Waals surface area contributed by atoms with Crippen molar-refractivity contribution in [2.24, 2.45) is 0 Å². The standard InChI is InChI=1S/C19H20N2O3S2/c1-14-3-8-18(20-12-14)19(11-15-9-10-25-13-15)21-26(22,23)17-6-4-16(24-2)5-7-17/h3-10,12-13,19,21H,11H2,1-2H3. The molecule has 5 nitrogen and oxygen atoms in total. The Hall–Kier alpha value is -2.22. The van der Waals surface area contributed by atoms with Gasteiger partial charge in [-0.25, -0.2) is 13.1 Å². The van der Waals surface area contributed by atoms with Crippen molar-refractivity contribution in [1.29, 1.82) is 0 Å². The van der Waals surface area contributed by atoms with Crippen molar-refractivity contribution in [2.45, 2.75) is 24.3 Å². The third-order valence-electron chi connectivity index (χ3n) is 3.98. The number of benzene rings is 1. The number of hydrogen-bond donors (Lipinski definition) is 1. The number of aromatic nitrogens is 1. The molecule has 0 radical (unpaired) electrons. The minimum absolute atomic E-state index is 0.195. The van der Waals surface area contributed by atoms with Crippen LogP contribution in [-0.4, -0.2) is 20.5 Å². The molecule has 0 bridgehead atoms. The third kappa shape index (κ3) is 4.49. The van der Waals surface area contributed by atoms with E-state index in [-0.39, 0.29) is 4.90 Å². The highest BCUT2D eigenvalue weighted by molar-refractivity contribution is 7.89. The fourth-order valence-electron chi connectivity index (χ4n) is 2.55. The van der Waals surface area contributed by atoms with E-state index in [9.17, 15) is 8.42 Å². The number of hydrogen-bond acceptors (Lipinski definition) is 5. The van der Waals surface area contributed by atoms with E-state index in [1.54, 1.807) is 36.8 Å². The van der Waals surface area contributed by atoms with Crippen molar-refractivity contribution in [3.63, 3.8) is 0 Å². The normalized spacial score (nSPS) is 12.7. The Morgan fingerprint density at radius 1 is 1.15 bits per heavy atom. The molecule has 136 valence electrons. The number of nitrogens with one attached hydrogen (secondary N) is 1. The van der Waals surface area contributed by atoms with Gasteiger partial charge in [-0.3, -0.25) is 4.98 Å². The molecule has 0 spiro atoms. The molecule has 0 aliphatic carbocycles. The molecule has 26 heavy (non-hydrogen) atoms. The monoisotopic (exact) mass is 388 g/mol. The minimum atomic E-state index is -3.69. The minimum Gasteiger partial charge on any atom is -0.497 e. The van der Waals surface area contributed by atoms with E-state index in [4.69, 9.17) is 4.74 Å². The summed E-state index contributed by atoms with van der Waals surface area (Å²) in [4.78, 5) is 4.62. The van der Waals surface area contributed by atoms with Crippen LogP contribution in [-0.2, 0) is 16.4 Å². The van der Waals surface area contributed by atoms with Gasteiger partial charge in [0.2, 0.25) is 10.0 Å². The van der Waals surface area contributed by atoms with E-state index in [1.165, 1.54) is 12.1 Å². The molecule has 0 fully saturated rings. The van der Waals surface area contributed by atoms with Crippen LogP contribution in [0.1, 0.15) is 22.9 Å². The van der Waals surface area contributed by atoms with Gasteiger partial charge in [-0.2, -0.15) is 11.3 Å². The fourth-order valence-corrected chi connectivity index (χ4v) is 4.44. The zero-order chi connectivity index (χ0) is 18.6. The Kier molecular flexibility index (Phi) is 5.70. The van der Waals surface area contributed by atoms with E-state index in [2.05, 4.69) is 9.71 Å². The van der Waals surface area contributed by atoms with Crippen LogP contribution in [0.15, 0.2) is 64.3 Å². The summed E-state index contributed by atoms with van der Waals surface area (Å²) in [7, 11) is -2.14. The maximum Gasteiger partial charge on any atom is 0.241 e. The Labute approximate surface area is 157 Å². The van der Waals surface area contributed by atoms with Gasteiger partial charge in [-0.1, -0.05) is 6.07 Å². The molecule has 1 atom stereocenters. The van der Waals surface area contributed by atoms with Crippen LogP contribution in [0.3, 0.4) is 0 Å². The first-order valence-corrected chi connectivity index (χ1v) is 10.5. The topological polar surface area (TPSA) is 68.3 Å². The van der Waals surface area contributed by atoms with Crippen LogP contribution in [0.4, 0.5) is 0 Å². The number of aryl methyl sites for hydroxylation is 1. The van der Waals surface area contributed by atoms with Gasteiger partial charge in [0, 0.05) is 6.20 Å². The number of sulfonamides is 1. The highest BCUT2D eigenvalue weighted by atomic mass is 32.2. The molecule has 1 unspecified atom stereocenters. The van der Waals surface area contributed by atoms with Gasteiger partial charge >= 0.3 is 0 Å². The van der Waals surface area contributed by atoms with Crippen molar-refractivity contribution < 1.29 is 13.2 Å². The lowest BCUT2D eigenvalue weighted by molar-refractivity contribution is 0.414. The van der Waals surface area contributed by atoms with Crippen LogP contribution in [0.5, 0.6) is 5.75 Å². The van der Waals surface area contributed by atoms with Gasteiger partial charge < -0.3 is 4.74 Å². The summed E-state index contributed by atoms with van der Waals surface area (Å²) >= 11 is 1.59. The first-order valence-electron chi connectivity index (χ1n) is 8.08. The number of methoxy groups -OCH3 is 1. The van der Waals surface area contributed by atoms with Gasteiger partial charge in [0.05, 0.1) is 23.7 Å². The zero-order valence-corrected chi connectivity index (χ0v) is 16.2. The lowest BCUT2D eigenvalue weighted by Crippen LogP contribution is -2.30. The van der Waals surface area contributed by atoms with E-state index >= 15 is 0 Å². The van der Waals surface area contributed by atoms with Gasteiger partial charge in [0.15, 0.2) is 0 Å². The van der Waals surface area contributed by atoms with Crippen molar-refractivity contribution in [3.8, 4) is 5.75 Å². The quantitative estimate of drug-likeness (QED) is 0.670. The smallest absolute Gasteiger partial charge is 0.241 e. The van der Waals surface area contributed by atoms with Crippen LogP contribution in [0, 0.1) is 6.92 Å². The summed E-state index contributed by atoms with van der Waals surface area (Å²) in [6.07, 6.45) is 2.28. The lowest BCUT2D eigenvalue weighted by atomic mass is 10.1. The molecule has 1 N–H and O–H groups in total. The largest absolute Gasteiger partial charge is 0.497 e. The summed E-state index contributed by atoms with van der Waals surface area (Å²) in [6, 6.07) is 11.7.